The van der Waals surface area contributed by atoms with Crippen LogP contribution in [0.4, 0.5) is 5.69 Å². The summed E-state index contributed by atoms with van der Waals surface area (Å²) < 4.78 is 5.23. The number of hydrogen-bond donors (Lipinski definition) is 0. The standard InChI is InChI=1S/C14H15NO3/c1-14(2,3)10-6-7-11(12(9-10)15(16)17)13-5-4-8-18-13/h4-9H,1-3H3. The highest BCUT2D eigenvalue weighted by molar-refractivity contribution is 5.70. The van der Waals surface area contributed by atoms with Gasteiger partial charge in [0.1, 0.15) is 5.76 Å². The van der Waals surface area contributed by atoms with Crippen LogP contribution in [-0.4, -0.2) is 4.92 Å². The second kappa shape index (κ2) is 4.29. The van der Waals surface area contributed by atoms with E-state index < -0.39 is 0 Å². The largest absolute Gasteiger partial charge is 0.464 e. The van der Waals surface area contributed by atoms with Crippen molar-refractivity contribution in [2.45, 2.75) is 26.2 Å². The van der Waals surface area contributed by atoms with E-state index in [1.165, 1.54) is 6.26 Å². The number of nitro benzene ring substituents is 1. The lowest BCUT2D eigenvalue weighted by Gasteiger charge is -2.19. The fourth-order valence-corrected chi connectivity index (χ4v) is 1.79. The number of nitrogens with zero attached hydrogens (tertiary/aromatic N) is 1. The van der Waals surface area contributed by atoms with E-state index in [0.717, 1.165) is 5.56 Å². The van der Waals surface area contributed by atoms with E-state index in [2.05, 4.69) is 0 Å². The van der Waals surface area contributed by atoms with E-state index in [0.29, 0.717) is 11.3 Å². The average molecular weight is 245 g/mol. The molecule has 0 unspecified atom stereocenters. The molecular weight excluding hydrogens is 230 g/mol. The van der Waals surface area contributed by atoms with Crippen LogP contribution < -0.4 is 0 Å². The molecule has 0 spiro atoms. The van der Waals surface area contributed by atoms with E-state index in [1.807, 2.05) is 26.8 Å². The highest BCUT2D eigenvalue weighted by atomic mass is 16.6. The Morgan fingerprint density at radius 2 is 1.94 bits per heavy atom. The predicted octanol–water partition coefficient (Wildman–Crippen LogP) is 4.15. The van der Waals surface area contributed by atoms with Gasteiger partial charge in [0, 0.05) is 6.07 Å². The van der Waals surface area contributed by atoms with Crippen LogP contribution in [0.15, 0.2) is 41.0 Å². The molecule has 1 aromatic carbocycles. The minimum atomic E-state index is -0.368. The molecule has 4 nitrogen and oxygen atoms in total. The van der Waals surface area contributed by atoms with Gasteiger partial charge in [-0.15, -0.1) is 0 Å². The zero-order chi connectivity index (χ0) is 13.3. The molecule has 0 atom stereocenters. The highest BCUT2D eigenvalue weighted by Gasteiger charge is 2.22. The van der Waals surface area contributed by atoms with Crippen LogP contribution in [-0.2, 0) is 5.41 Å². The molecule has 0 N–H and O–H groups in total. The summed E-state index contributed by atoms with van der Waals surface area (Å²) in [5.41, 5.74) is 1.41. The SMILES string of the molecule is CC(C)(C)c1ccc(-c2ccco2)c([N+](=O)[O-])c1. The van der Waals surface area contributed by atoms with Gasteiger partial charge < -0.3 is 4.42 Å². The van der Waals surface area contributed by atoms with Gasteiger partial charge in [0.05, 0.1) is 16.7 Å². The number of furan rings is 1. The summed E-state index contributed by atoms with van der Waals surface area (Å²) in [4.78, 5) is 10.8. The molecule has 94 valence electrons. The van der Waals surface area contributed by atoms with E-state index >= 15 is 0 Å². The van der Waals surface area contributed by atoms with Gasteiger partial charge in [-0.3, -0.25) is 10.1 Å². The molecule has 2 rings (SSSR count). The molecule has 0 aliphatic heterocycles. The lowest BCUT2D eigenvalue weighted by molar-refractivity contribution is -0.384. The normalized spacial score (nSPS) is 11.5. The number of rotatable bonds is 2. The summed E-state index contributed by atoms with van der Waals surface area (Å²) in [5, 5.41) is 11.2. The van der Waals surface area contributed by atoms with Crippen molar-refractivity contribution in [1.29, 1.82) is 0 Å². The quantitative estimate of drug-likeness (QED) is 0.589. The Kier molecular flexibility index (Phi) is 2.95. The van der Waals surface area contributed by atoms with Crippen molar-refractivity contribution in [3.8, 4) is 11.3 Å². The topological polar surface area (TPSA) is 56.3 Å². The minimum absolute atomic E-state index is 0.0809. The van der Waals surface area contributed by atoms with Gasteiger partial charge in [0.2, 0.25) is 0 Å². The maximum atomic E-state index is 11.2. The zero-order valence-electron chi connectivity index (χ0n) is 10.6. The molecule has 1 aromatic heterocycles. The van der Waals surface area contributed by atoms with Crippen molar-refractivity contribution in [3.63, 3.8) is 0 Å². The summed E-state index contributed by atoms with van der Waals surface area (Å²) in [5.74, 6) is 0.516. The van der Waals surface area contributed by atoms with Crippen LogP contribution in [0.25, 0.3) is 11.3 Å². The molecule has 0 amide bonds. The molecular formula is C14H15NO3. The van der Waals surface area contributed by atoms with Crippen LogP contribution in [0, 0.1) is 10.1 Å². The Labute approximate surface area is 105 Å². The third kappa shape index (κ3) is 2.27. The molecule has 0 aliphatic carbocycles. The molecule has 0 radical (unpaired) electrons. The van der Waals surface area contributed by atoms with Crippen molar-refractivity contribution in [2.24, 2.45) is 0 Å². The summed E-state index contributed by atoms with van der Waals surface area (Å²) in [6, 6.07) is 8.72. The number of hydrogen-bond acceptors (Lipinski definition) is 3. The molecule has 0 saturated carbocycles. The number of nitro groups is 1. The molecule has 2 aromatic rings. The lowest BCUT2D eigenvalue weighted by Crippen LogP contribution is -2.11. The van der Waals surface area contributed by atoms with Gasteiger partial charge in [-0.25, -0.2) is 0 Å². The van der Waals surface area contributed by atoms with Crippen molar-refractivity contribution >= 4 is 5.69 Å². The lowest BCUT2D eigenvalue weighted by atomic mass is 9.86. The van der Waals surface area contributed by atoms with Crippen molar-refractivity contribution in [3.05, 3.63) is 52.3 Å². The highest BCUT2D eigenvalue weighted by Crippen LogP contribution is 2.34. The van der Waals surface area contributed by atoms with Gasteiger partial charge >= 0.3 is 0 Å². The minimum Gasteiger partial charge on any atom is -0.464 e. The summed E-state index contributed by atoms with van der Waals surface area (Å²) in [6.07, 6.45) is 1.51. The fraction of sp³-hybridized carbons (Fsp3) is 0.286. The Balaban J connectivity index is 2.59. The van der Waals surface area contributed by atoms with Gasteiger partial charge in [0.15, 0.2) is 0 Å². The first-order chi connectivity index (χ1) is 8.39. The van der Waals surface area contributed by atoms with Gasteiger partial charge in [-0.05, 0) is 29.2 Å². The summed E-state index contributed by atoms with van der Waals surface area (Å²) >= 11 is 0. The maximum Gasteiger partial charge on any atom is 0.280 e. The average Bonchev–Trinajstić information content (AvgIpc) is 2.80. The van der Waals surface area contributed by atoms with E-state index in [4.69, 9.17) is 4.42 Å². The monoisotopic (exact) mass is 245 g/mol. The van der Waals surface area contributed by atoms with E-state index in [9.17, 15) is 10.1 Å². The first-order valence-electron chi connectivity index (χ1n) is 5.72. The third-order valence-electron chi connectivity index (χ3n) is 2.85. The van der Waals surface area contributed by atoms with Gasteiger partial charge in [-0.2, -0.15) is 0 Å². The second-order valence-electron chi connectivity index (χ2n) is 5.22. The Morgan fingerprint density at radius 3 is 2.44 bits per heavy atom. The summed E-state index contributed by atoms with van der Waals surface area (Å²) in [6.45, 7) is 6.08. The van der Waals surface area contributed by atoms with Gasteiger partial charge in [-0.1, -0.05) is 26.8 Å². The molecule has 0 fully saturated rings. The molecule has 0 aliphatic rings. The Hall–Kier alpha value is -2.10. The van der Waals surface area contributed by atoms with Crippen molar-refractivity contribution in [1.82, 2.24) is 0 Å². The first-order valence-corrected chi connectivity index (χ1v) is 5.72. The molecule has 1 heterocycles. The van der Waals surface area contributed by atoms with Crippen LogP contribution in [0.3, 0.4) is 0 Å². The fourth-order valence-electron chi connectivity index (χ4n) is 1.79. The van der Waals surface area contributed by atoms with Crippen LogP contribution in [0.5, 0.6) is 0 Å². The van der Waals surface area contributed by atoms with Crippen molar-refractivity contribution in [2.75, 3.05) is 0 Å². The van der Waals surface area contributed by atoms with Crippen LogP contribution in [0.2, 0.25) is 0 Å². The van der Waals surface area contributed by atoms with Gasteiger partial charge in [0.25, 0.3) is 5.69 Å². The van der Waals surface area contributed by atoms with Crippen LogP contribution >= 0.6 is 0 Å². The zero-order valence-corrected chi connectivity index (χ0v) is 10.6. The smallest absolute Gasteiger partial charge is 0.280 e. The molecule has 0 bridgehead atoms. The Morgan fingerprint density at radius 1 is 1.22 bits per heavy atom. The Bertz CT molecular complexity index is 565. The molecule has 4 heteroatoms. The number of benzene rings is 1. The maximum absolute atomic E-state index is 11.2. The summed E-state index contributed by atoms with van der Waals surface area (Å²) in [7, 11) is 0. The van der Waals surface area contributed by atoms with Crippen molar-refractivity contribution < 1.29 is 9.34 Å². The second-order valence-corrected chi connectivity index (χ2v) is 5.22. The third-order valence-corrected chi connectivity index (χ3v) is 2.85. The van der Waals surface area contributed by atoms with Crippen LogP contribution in [0.1, 0.15) is 26.3 Å². The first kappa shape index (κ1) is 12.4. The predicted molar refractivity (Wildman–Crippen MR) is 69.5 cm³/mol. The van der Waals surface area contributed by atoms with E-state index in [1.54, 1.807) is 24.3 Å². The molecule has 0 saturated heterocycles. The van der Waals surface area contributed by atoms with E-state index in [-0.39, 0.29) is 16.0 Å². The molecule has 18 heavy (non-hydrogen) atoms.